The van der Waals surface area contributed by atoms with Crippen molar-refractivity contribution in [3.63, 3.8) is 0 Å². The molecule has 4 rings (SSSR count). The van der Waals surface area contributed by atoms with Crippen molar-refractivity contribution in [2.75, 3.05) is 6.61 Å². The fraction of sp³-hybridized carbons (Fsp3) is 0.571. The molecule has 0 aliphatic heterocycles. The molecule has 0 amide bonds. The lowest BCUT2D eigenvalue weighted by atomic mass is 9.73. The standard InChI is InChI=1S/C28H34F4O/c1-3-5-17-6-7-20(16-17)18-8-10-19(11-9-18)21-12-13-22(26(30)25(21)29)23-14-15-24(33-4-2)28(32)27(23)31/h12-15,17-20H,3-11,16H2,1-2H3. The molecule has 0 heterocycles. The molecule has 2 saturated carbocycles. The van der Waals surface area contributed by atoms with Crippen LogP contribution in [0.1, 0.15) is 83.1 Å². The summed E-state index contributed by atoms with van der Waals surface area (Å²) in [6, 6.07) is 5.42. The molecule has 1 nitrogen and oxygen atoms in total. The van der Waals surface area contributed by atoms with E-state index in [0.29, 0.717) is 11.5 Å². The van der Waals surface area contributed by atoms with Gasteiger partial charge >= 0.3 is 0 Å². The summed E-state index contributed by atoms with van der Waals surface area (Å²) in [7, 11) is 0. The molecule has 0 saturated heterocycles. The molecule has 2 fully saturated rings. The summed E-state index contributed by atoms with van der Waals surface area (Å²) < 4.78 is 63.9. The zero-order chi connectivity index (χ0) is 23.5. The van der Waals surface area contributed by atoms with Gasteiger partial charge in [0.1, 0.15) is 0 Å². The van der Waals surface area contributed by atoms with Gasteiger partial charge in [-0.1, -0.05) is 38.3 Å². The lowest BCUT2D eigenvalue weighted by molar-refractivity contribution is 0.227. The monoisotopic (exact) mass is 462 g/mol. The van der Waals surface area contributed by atoms with E-state index in [0.717, 1.165) is 37.5 Å². The van der Waals surface area contributed by atoms with Crippen LogP contribution in [0.3, 0.4) is 0 Å². The van der Waals surface area contributed by atoms with Crippen LogP contribution >= 0.6 is 0 Å². The second kappa shape index (κ2) is 10.5. The Labute approximate surface area is 194 Å². The minimum Gasteiger partial charge on any atom is -0.491 e. The Bertz CT molecular complexity index is 965. The van der Waals surface area contributed by atoms with E-state index in [4.69, 9.17) is 4.74 Å². The zero-order valence-corrected chi connectivity index (χ0v) is 19.6. The summed E-state index contributed by atoms with van der Waals surface area (Å²) in [5.41, 5.74) is -0.209. The summed E-state index contributed by atoms with van der Waals surface area (Å²) in [5, 5.41) is 0. The second-order valence-electron chi connectivity index (χ2n) is 9.84. The van der Waals surface area contributed by atoms with Gasteiger partial charge in [0.15, 0.2) is 23.2 Å². The van der Waals surface area contributed by atoms with Crippen LogP contribution in [0.25, 0.3) is 11.1 Å². The number of benzene rings is 2. The molecule has 2 unspecified atom stereocenters. The topological polar surface area (TPSA) is 9.23 Å². The van der Waals surface area contributed by atoms with Crippen molar-refractivity contribution in [1.29, 1.82) is 0 Å². The van der Waals surface area contributed by atoms with E-state index >= 15 is 8.78 Å². The van der Waals surface area contributed by atoms with Crippen LogP contribution in [0.15, 0.2) is 24.3 Å². The van der Waals surface area contributed by atoms with Gasteiger partial charge in [-0.3, -0.25) is 0 Å². The predicted octanol–water partition coefficient (Wildman–Crippen LogP) is 8.80. The number of hydrogen-bond acceptors (Lipinski definition) is 1. The van der Waals surface area contributed by atoms with E-state index in [2.05, 4.69) is 6.92 Å². The number of ether oxygens (including phenoxy) is 1. The fourth-order valence-electron chi connectivity index (χ4n) is 6.21. The molecule has 180 valence electrons. The summed E-state index contributed by atoms with van der Waals surface area (Å²) in [4.78, 5) is 0. The number of rotatable bonds is 7. The lowest BCUT2D eigenvalue weighted by Gasteiger charge is -2.33. The molecule has 0 N–H and O–H groups in total. The summed E-state index contributed by atoms with van der Waals surface area (Å²) >= 11 is 0. The van der Waals surface area contributed by atoms with Crippen LogP contribution in [-0.4, -0.2) is 6.61 Å². The summed E-state index contributed by atoms with van der Waals surface area (Å²) in [6.45, 7) is 4.08. The van der Waals surface area contributed by atoms with Crippen LogP contribution in [0.4, 0.5) is 17.6 Å². The average molecular weight is 463 g/mol. The van der Waals surface area contributed by atoms with Gasteiger partial charge in [0.2, 0.25) is 5.82 Å². The van der Waals surface area contributed by atoms with Gasteiger partial charge in [-0.05, 0) is 86.8 Å². The Morgan fingerprint density at radius 1 is 0.727 bits per heavy atom. The summed E-state index contributed by atoms with van der Waals surface area (Å²) in [6.07, 6.45) is 10.3. The van der Waals surface area contributed by atoms with Crippen LogP contribution in [-0.2, 0) is 0 Å². The van der Waals surface area contributed by atoms with Gasteiger partial charge in [0.05, 0.1) is 6.61 Å². The quantitative estimate of drug-likeness (QED) is 0.374. The average Bonchev–Trinajstić information content (AvgIpc) is 3.29. The van der Waals surface area contributed by atoms with Gasteiger partial charge in [0, 0.05) is 11.1 Å². The Hall–Kier alpha value is -2.04. The first-order chi connectivity index (χ1) is 15.9. The largest absolute Gasteiger partial charge is 0.491 e. The van der Waals surface area contributed by atoms with E-state index in [1.54, 1.807) is 13.0 Å². The highest BCUT2D eigenvalue weighted by atomic mass is 19.2. The lowest BCUT2D eigenvalue weighted by Crippen LogP contribution is -2.20. The van der Waals surface area contributed by atoms with Crippen LogP contribution in [0, 0.1) is 41.0 Å². The van der Waals surface area contributed by atoms with Crippen molar-refractivity contribution in [3.05, 3.63) is 53.1 Å². The molecule has 2 aromatic rings. The Kier molecular flexibility index (Phi) is 7.65. The maximum Gasteiger partial charge on any atom is 0.201 e. The van der Waals surface area contributed by atoms with Crippen molar-refractivity contribution in [3.8, 4) is 16.9 Å². The minimum absolute atomic E-state index is 0.0282. The van der Waals surface area contributed by atoms with Crippen molar-refractivity contribution in [2.24, 2.45) is 17.8 Å². The normalized spacial score (nSPS) is 25.4. The maximum absolute atomic E-state index is 15.1. The molecular weight excluding hydrogens is 428 g/mol. The molecule has 2 atom stereocenters. The van der Waals surface area contributed by atoms with Crippen LogP contribution < -0.4 is 4.74 Å². The first-order valence-corrected chi connectivity index (χ1v) is 12.5. The molecular formula is C28H34F4O. The molecule has 0 spiro atoms. The first kappa shape index (κ1) is 24.1. The van der Waals surface area contributed by atoms with Crippen LogP contribution in [0.2, 0.25) is 0 Å². The molecule has 2 aromatic carbocycles. The summed E-state index contributed by atoms with van der Waals surface area (Å²) in [5.74, 6) is -2.40. The molecule has 5 heteroatoms. The second-order valence-corrected chi connectivity index (χ2v) is 9.84. The van der Waals surface area contributed by atoms with Gasteiger partial charge in [-0.25, -0.2) is 13.2 Å². The molecule has 0 radical (unpaired) electrons. The third-order valence-electron chi connectivity index (χ3n) is 7.91. The molecule has 0 aromatic heterocycles. The van der Waals surface area contributed by atoms with Gasteiger partial charge in [-0.2, -0.15) is 4.39 Å². The van der Waals surface area contributed by atoms with Gasteiger partial charge < -0.3 is 4.74 Å². The number of halogens is 4. The predicted molar refractivity (Wildman–Crippen MR) is 123 cm³/mol. The maximum atomic E-state index is 15.1. The SMILES string of the molecule is CCCC1CCC(C2CCC(c3ccc(-c4ccc(OCC)c(F)c4F)c(F)c3F)CC2)C1. The van der Waals surface area contributed by atoms with E-state index in [1.807, 2.05) is 0 Å². The first-order valence-electron chi connectivity index (χ1n) is 12.5. The van der Waals surface area contributed by atoms with Crippen molar-refractivity contribution in [2.45, 2.75) is 77.6 Å². The van der Waals surface area contributed by atoms with Crippen LogP contribution in [0.5, 0.6) is 5.75 Å². The Balaban J connectivity index is 1.47. The molecule has 2 aliphatic rings. The molecule has 2 aliphatic carbocycles. The Morgan fingerprint density at radius 3 is 2.03 bits per heavy atom. The number of hydrogen-bond donors (Lipinski definition) is 0. The Morgan fingerprint density at radius 2 is 1.36 bits per heavy atom. The van der Waals surface area contributed by atoms with E-state index in [1.165, 1.54) is 50.3 Å². The van der Waals surface area contributed by atoms with Crippen molar-refractivity contribution < 1.29 is 22.3 Å². The molecule has 0 bridgehead atoms. The smallest absolute Gasteiger partial charge is 0.201 e. The highest BCUT2D eigenvalue weighted by Gasteiger charge is 2.34. The third-order valence-corrected chi connectivity index (χ3v) is 7.91. The fourth-order valence-corrected chi connectivity index (χ4v) is 6.21. The van der Waals surface area contributed by atoms with Crippen molar-refractivity contribution in [1.82, 2.24) is 0 Å². The zero-order valence-electron chi connectivity index (χ0n) is 19.6. The molecule has 33 heavy (non-hydrogen) atoms. The van der Waals surface area contributed by atoms with Crippen molar-refractivity contribution >= 4 is 0 Å². The van der Waals surface area contributed by atoms with Gasteiger partial charge in [0.25, 0.3) is 0 Å². The highest BCUT2D eigenvalue weighted by molar-refractivity contribution is 5.66. The third kappa shape index (κ3) is 4.93. The van der Waals surface area contributed by atoms with E-state index in [9.17, 15) is 8.78 Å². The highest BCUT2D eigenvalue weighted by Crippen LogP contribution is 2.47. The van der Waals surface area contributed by atoms with E-state index in [-0.39, 0.29) is 29.4 Å². The van der Waals surface area contributed by atoms with E-state index < -0.39 is 23.3 Å². The van der Waals surface area contributed by atoms with Gasteiger partial charge in [-0.15, -0.1) is 0 Å². The minimum atomic E-state index is -1.23.